The lowest BCUT2D eigenvalue weighted by molar-refractivity contribution is 0.167. The Kier molecular flexibility index (Phi) is 5.97. The molecule has 0 aromatic carbocycles. The molecule has 1 heterocycles. The fourth-order valence-corrected chi connectivity index (χ4v) is 1.54. The fourth-order valence-electron chi connectivity index (χ4n) is 0.732. The lowest BCUT2D eigenvalue weighted by Gasteiger charge is -2.00. The second-order valence-corrected chi connectivity index (χ2v) is 3.79. The van der Waals surface area contributed by atoms with E-state index in [9.17, 15) is 0 Å². The molecule has 13 heavy (non-hydrogen) atoms. The number of thiol groups is 1. The first-order valence-corrected chi connectivity index (χ1v) is 5.62. The molecule has 0 fully saturated rings. The van der Waals surface area contributed by atoms with Gasteiger partial charge in [-0.1, -0.05) is 0 Å². The quantitative estimate of drug-likeness (QED) is 0.444. The number of hydrogen-bond donors (Lipinski definition) is 1. The molecule has 72 valence electrons. The minimum atomic E-state index is 0.712. The molecule has 0 N–H and O–H groups in total. The van der Waals surface area contributed by atoms with Crippen molar-refractivity contribution in [1.82, 2.24) is 9.97 Å². The first-order chi connectivity index (χ1) is 6.43. The van der Waals surface area contributed by atoms with Crippen LogP contribution >= 0.6 is 24.4 Å². The maximum absolute atomic E-state index is 5.26. The van der Waals surface area contributed by atoms with Gasteiger partial charge in [-0.2, -0.15) is 12.6 Å². The van der Waals surface area contributed by atoms with Crippen LogP contribution in [0.2, 0.25) is 0 Å². The van der Waals surface area contributed by atoms with Crippen molar-refractivity contribution in [2.45, 2.75) is 5.03 Å². The average Bonchev–Trinajstić information content (AvgIpc) is 2.19. The predicted molar refractivity (Wildman–Crippen MR) is 57.4 cm³/mol. The van der Waals surface area contributed by atoms with E-state index in [1.54, 1.807) is 30.4 Å². The van der Waals surface area contributed by atoms with Gasteiger partial charge in [0.05, 0.1) is 19.4 Å². The molecule has 0 saturated heterocycles. The van der Waals surface area contributed by atoms with E-state index < -0.39 is 0 Å². The molecule has 0 spiro atoms. The van der Waals surface area contributed by atoms with Crippen molar-refractivity contribution < 1.29 is 4.74 Å². The van der Waals surface area contributed by atoms with Gasteiger partial charge >= 0.3 is 0 Å². The average molecular weight is 216 g/mol. The van der Waals surface area contributed by atoms with Gasteiger partial charge in [0, 0.05) is 23.9 Å². The van der Waals surface area contributed by atoms with Crippen molar-refractivity contribution in [3.05, 3.63) is 18.6 Å². The highest BCUT2D eigenvalue weighted by molar-refractivity contribution is 7.99. The van der Waals surface area contributed by atoms with E-state index >= 15 is 0 Å². The minimum absolute atomic E-state index is 0.712. The van der Waals surface area contributed by atoms with Gasteiger partial charge < -0.3 is 4.74 Å². The third-order valence-corrected chi connectivity index (χ3v) is 2.31. The molecular weight excluding hydrogens is 204 g/mol. The van der Waals surface area contributed by atoms with Crippen LogP contribution in [0, 0.1) is 0 Å². The Hall–Kier alpha value is -0.260. The number of thioether (sulfide) groups is 1. The van der Waals surface area contributed by atoms with E-state index in [0.29, 0.717) is 6.61 Å². The molecule has 1 rings (SSSR count). The number of rotatable bonds is 6. The third kappa shape index (κ3) is 5.13. The highest BCUT2D eigenvalue weighted by Crippen LogP contribution is 2.11. The Morgan fingerprint density at radius 3 is 3.00 bits per heavy atom. The molecule has 0 radical (unpaired) electrons. The molecule has 0 unspecified atom stereocenters. The summed E-state index contributed by atoms with van der Waals surface area (Å²) in [5.41, 5.74) is 0. The van der Waals surface area contributed by atoms with E-state index in [1.165, 1.54) is 0 Å². The van der Waals surface area contributed by atoms with Crippen molar-refractivity contribution >= 4 is 24.4 Å². The summed E-state index contributed by atoms with van der Waals surface area (Å²) in [4.78, 5) is 8.09. The molecule has 0 aliphatic carbocycles. The number of nitrogens with zero attached hydrogens (tertiary/aromatic N) is 2. The maximum Gasteiger partial charge on any atom is 0.114 e. The van der Waals surface area contributed by atoms with Crippen LogP contribution in [0.4, 0.5) is 0 Å². The van der Waals surface area contributed by atoms with Crippen molar-refractivity contribution in [1.29, 1.82) is 0 Å². The van der Waals surface area contributed by atoms with E-state index in [2.05, 4.69) is 22.6 Å². The largest absolute Gasteiger partial charge is 0.380 e. The van der Waals surface area contributed by atoms with E-state index in [1.807, 2.05) is 0 Å². The SMILES string of the molecule is SCCOCCSc1cnccn1. The van der Waals surface area contributed by atoms with Gasteiger partial charge in [-0.25, -0.2) is 4.98 Å². The zero-order chi connectivity index (χ0) is 9.36. The Labute approximate surface area is 87.7 Å². The number of hydrogen-bond acceptors (Lipinski definition) is 5. The summed E-state index contributed by atoms with van der Waals surface area (Å²) in [7, 11) is 0. The summed E-state index contributed by atoms with van der Waals surface area (Å²) in [5.74, 6) is 1.68. The molecule has 5 heteroatoms. The normalized spacial score (nSPS) is 10.2. The molecule has 0 saturated carbocycles. The Morgan fingerprint density at radius 2 is 2.31 bits per heavy atom. The van der Waals surface area contributed by atoms with E-state index in [0.717, 1.165) is 23.1 Å². The molecule has 0 amide bonds. The number of ether oxygens (including phenoxy) is 1. The third-order valence-electron chi connectivity index (χ3n) is 1.25. The monoisotopic (exact) mass is 216 g/mol. The van der Waals surface area contributed by atoms with Crippen LogP contribution in [0.1, 0.15) is 0 Å². The smallest absolute Gasteiger partial charge is 0.114 e. The molecule has 0 atom stereocenters. The molecule has 0 aliphatic heterocycles. The second kappa shape index (κ2) is 7.17. The predicted octanol–water partition coefficient (Wildman–Crippen LogP) is 1.52. The van der Waals surface area contributed by atoms with Gasteiger partial charge in [-0.3, -0.25) is 4.98 Å². The Balaban J connectivity index is 2.07. The van der Waals surface area contributed by atoms with Crippen LogP contribution in [-0.2, 0) is 4.74 Å². The Bertz CT molecular complexity index is 221. The lowest BCUT2D eigenvalue weighted by atomic mass is 10.8. The van der Waals surface area contributed by atoms with Crippen LogP contribution in [0.15, 0.2) is 23.6 Å². The van der Waals surface area contributed by atoms with Gasteiger partial charge in [-0.05, 0) is 0 Å². The molecule has 1 aromatic rings. The highest BCUT2D eigenvalue weighted by Gasteiger charge is 1.93. The topological polar surface area (TPSA) is 35.0 Å². The van der Waals surface area contributed by atoms with Gasteiger partial charge in [0.15, 0.2) is 0 Å². The first-order valence-electron chi connectivity index (χ1n) is 4.01. The fraction of sp³-hybridized carbons (Fsp3) is 0.500. The van der Waals surface area contributed by atoms with Crippen molar-refractivity contribution in [2.24, 2.45) is 0 Å². The highest BCUT2D eigenvalue weighted by atomic mass is 32.2. The van der Waals surface area contributed by atoms with Crippen LogP contribution in [0.25, 0.3) is 0 Å². The van der Waals surface area contributed by atoms with Crippen LogP contribution in [-0.4, -0.2) is 34.7 Å². The van der Waals surface area contributed by atoms with Crippen LogP contribution in [0.3, 0.4) is 0 Å². The number of aromatic nitrogens is 2. The van der Waals surface area contributed by atoms with Crippen LogP contribution in [0.5, 0.6) is 0 Å². The molecule has 0 bridgehead atoms. The van der Waals surface area contributed by atoms with E-state index in [4.69, 9.17) is 4.74 Å². The summed E-state index contributed by atoms with van der Waals surface area (Å²) in [5, 5.41) is 0.942. The Morgan fingerprint density at radius 1 is 1.38 bits per heavy atom. The molecule has 1 aromatic heterocycles. The first kappa shape index (κ1) is 10.8. The van der Waals surface area contributed by atoms with Crippen molar-refractivity contribution in [2.75, 3.05) is 24.7 Å². The maximum atomic E-state index is 5.26. The summed E-state index contributed by atoms with van der Waals surface area (Å²) in [6.45, 7) is 1.45. The van der Waals surface area contributed by atoms with Gasteiger partial charge in [0.2, 0.25) is 0 Å². The van der Waals surface area contributed by atoms with Gasteiger partial charge in [-0.15, -0.1) is 11.8 Å². The summed E-state index contributed by atoms with van der Waals surface area (Å²) in [6.07, 6.45) is 5.11. The van der Waals surface area contributed by atoms with Gasteiger partial charge in [0.1, 0.15) is 5.03 Å². The summed E-state index contributed by atoms with van der Waals surface area (Å²) >= 11 is 5.69. The summed E-state index contributed by atoms with van der Waals surface area (Å²) < 4.78 is 5.26. The lowest BCUT2D eigenvalue weighted by Crippen LogP contribution is -2.00. The molecule has 0 aliphatic rings. The standard InChI is InChI=1S/C8H12N2OS2/c12-5-3-11-4-6-13-8-7-9-1-2-10-8/h1-2,7,12H,3-6H2. The van der Waals surface area contributed by atoms with Gasteiger partial charge in [0.25, 0.3) is 0 Å². The molecular formula is C8H12N2OS2. The second-order valence-electron chi connectivity index (χ2n) is 2.23. The van der Waals surface area contributed by atoms with Crippen molar-refractivity contribution in [3.8, 4) is 0 Å². The minimum Gasteiger partial charge on any atom is -0.380 e. The molecule has 3 nitrogen and oxygen atoms in total. The van der Waals surface area contributed by atoms with E-state index in [-0.39, 0.29) is 0 Å². The zero-order valence-electron chi connectivity index (χ0n) is 7.22. The zero-order valence-corrected chi connectivity index (χ0v) is 8.93. The summed E-state index contributed by atoms with van der Waals surface area (Å²) in [6, 6.07) is 0. The van der Waals surface area contributed by atoms with Crippen molar-refractivity contribution in [3.63, 3.8) is 0 Å². The van der Waals surface area contributed by atoms with Crippen LogP contribution < -0.4 is 0 Å².